The minimum Gasteiger partial charge on any atom is -0.342 e. The third kappa shape index (κ3) is 0.832. The molecule has 0 aliphatic carbocycles. The van der Waals surface area contributed by atoms with E-state index in [1.54, 1.807) is 6.20 Å². The molecule has 0 aromatic carbocycles. The van der Waals surface area contributed by atoms with Gasteiger partial charge in [-0.3, -0.25) is 5.73 Å². The molecule has 0 aliphatic heterocycles. The van der Waals surface area contributed by atoms with Gasteiger partial charge in [-0.25, -0.2) is 9.97 Å². The highest BCUT2D eigenvalue weighted by atomic mass is 15.0. The van der Waals surface area contributed by atoms with E-state index in [1.165, 1.54) is 0 Å². The summed E-state index contributed by atoms with van der Waals surface area (Å²) >= 11 is 0. The molecule has 0 aliphatic rings. The first kappa shape index (κ1) is 6.15. The molecule has 4 nitrogen and oxygen atoms in total. The maximum Gasteiger partial charge on any atom is 0.298 e. The predicted molar refractivity (Wildman–Crippen MR) is 41.8 cm³/mol. The number of imidazole rings is 1. The fraction of sp³-hybridized carbons (Fsp3) is 0.143. The fourth-order valence-corrected chi connectivity index (χ4v) is 1.12. The zero-order valence-electron chi connectivity index (χ0n) is 6.18. The summed E-state index contributed by atoms with van der Waals surface area (Å²) in [7, 11) is 0. The lowest BCUT2D eigenvalue weighted by molar-refractivity contribution is -0.358. The maximum absolute atomic E-state index is 5.63. The highest BCUT2D eigenvalue weighted by Gasteiger charge is 2.05. The molecule has 4 N–H and O–H groups in total. The van der Waals surface area contributed by atoms with Gasteiger partial charge in [0.1, 0.15) is 5.82 Å². The first-order chi connectivity index (χ1) is 5.27. The van der Waals surface area contributed by atoms with Crippen LogP contribution in [0.4, 0.5) is 5.82 Å². The summed E-state index contributed by atoms with van der Waals surface area (Å²) in [6.07, 6.45) is 1.79. The maximum atomic E-state index is 5.63. The van der Waals surface area contributed by atoms with Crippen molar-refractivity contribution in [2.45, 2.75) is 6.92 Å². The van der Waals surface area contributed by atoms with E-state index >= 15 is 0 Å². The molecule has 2 heterocycles. The average Bonchev–Trinajstić information content (AvgIpc) is 2.31. The van der Waals surface area contributed by atoms with E-state index < -0.39 is 0 Å². The second-order valence-electron chi connectivity index (χ2n) is 2.48. The van der Waals surface area contributed by atoms with Gasteiger partial charge >= 0.3 is 0 Å². The van der Waals surface area contributed by atoms with Crippen molar-refractivity contribution in [3.05, 3.63) is 18.1 Å². The Kier molecular flexibility index (Phi) is 1.09. The van der Waals surface area contributed by atoms with E-state index in [-0.39, 0.29) is 0 Å². The van der Waals surface area contributed by atoms with Crippen LogP contribution >= 0.6 is 0 Å². The van der Waals surface area contributed by atoms with Crippen LogP contribution in [-0.4, -0.2) is 9.97 Å². The Morgan fingerprint density at radius 3 is 3.18 bits per heavy atom. The van der Waals surface area contributed by atoms with Crippen LogP contribution in [0.5, 0.6) is 0 Å². The highest BCUT2D eigenvalue weighted by molar-refractivity contribution is 5.82. The van der Waals surface area contributed by atoms with Crippen molar-refractivity contribution in [3.63, 3.8) is 0 Å². The van der Waals surface area contributed by atoms with Gasteiger partial charge in [0.25, 0.3) is 5.82 Å². The lowest BCUT2D eigenvalue weighted by Crippen LogP contribution is -2.08. The molecule has 0 bridgehead atoms. The van der Waals surface area contributed by atoms with Crippen molar-refractivity contribution in [2.75, 3.05) is 5.73 Å². The molecule has 56 valence electrons. The smallest absolute Gasteiger partial charge is 0.298 e. The zero-order valence-corrected chi connectivity index (χ0v) is 6.18. The topological polar surface area (TPSA) is 68.8 Å². The van der Waals surface area contributed by atoms with Gasteiger partial charge in [-0.05, 0) is 6.92 Å². The van der Waals surface area contributed by atoms with Gasteiger partial charge in [0.05, 0.1) is 11.7 Å². The predicted octanol–water partition coefficient (Wildman–Crippen LogP) is 0.268. The van der Waals surface area contributed by atoms with Gasteiger partial charge < -0.3 is 4.98 Å². The van der Waals surface area contributed by atoms with E-state index in [0.717, 1.165) is 16.9 Å². The second kappa shape index (κ2) is 1.95. The minimum absolute atomic E-state index is 0.604. The van der Waals surface area contributed by atoms with E-state index in [9.17, 15) is 0 Å². The number of nitrogen functional groups attached to an aromatic ring is 1. The van der Waals surface area contributed by atoms with Crippen molar-refractivity contribution in [3.8, 4) is 0 Å². The molecular weight excluding hydrogens is 140 g/mol. The number of hydrogen-bond acceptors (Lipinski definition) is 2. The van der Waals surface area contributed by atoms with Crippen molar-refractivity contribution in [1.82, 2.24) is 9.97 Å². The molecule has 0 unspecified atom stereocenters. The summed E-state index contributed by atoms with van der Waals surface area (Å²) in [6.45, 7) is 1.90. The number of H-pyrrole nitrogens is 2. The van der Waals surface area contributed by atoms with Crippen LogP contribution in [-0.2, 0) is 0 Å². The fourth-order valence-electron chi connectivity index (χ4n) is 1.12. The molecule has 2 aromatic rings. The normalized spacial score (nSPS) is 10.6. The third-order valence-electron chi connectivity index (χ3n) is 1.59. The van der Waals surface area contributed by atoms with Crippen LogP contribution in [0.2, 0.25) is 0 Å². The largest absolute Gasteiger partial charge is 0.342 e. The van der Waals surface area contributed by atoms with Crippen LogP contribution in [0, 0.1) is 6.92 Å². The average molecular weight is 149 g/mol. The van der Waals surface area contributed by atoms with Crippen LogP contribution in [0.25, 0.3) is 11.0 Å². The summed E-state index contributed by atoms with van der Waals surface area (Å²) in [4.78, 5) is 10.2. The van der Waals surface area contributed by atoms with Gasteiger partial charge in [0.15, 0.2) is 5.52 Å². The number of nitrogens with one attached hydrogen (secondary N) is 2. The molecule has 2 aromatic heterocycles. The Labute approximate surface area is 63.5 Å². The Bertz CT molecular complexity index is 390. The molecule has 0 fully saturated rings. The van der Waals surface area contributed by atoms with Crippen molar-refractivity contribution in [2.24, 2.45) is 0 Å². The molecule has 0 atom stereocenters. The third-order valence-corrected chi connectivity index (χ3v) is 1.59. The van der Waals surface area contributed by atoms with Crippen molar-refractivity contribution >= 4 is 16.9 Å². The molecule has 0 radical (unpaired) electrons. The molecule has 2 rings (SSSR count). The number of aromatic nitrogens is 3. The Balaban J connectivity index is 2.90. The van der Waals surface area contributed by atoms with E-state index in [4.69, 9.17) is 5.73 Å². The lowest BCUT2D eigenvalue weighted by Gasteiger charge is -1.84. The van der Waals surface area contributed by atoms with Crippen LogP contribution < -0.4 is 10.7 Å². The SMILES string of the molecule is Cc1nc2c(N)[nH+]ccc2[nH]1. The summed E-state index contributed by atoms with van der Waals surface area (Å²) in [5, 5.41) is 0. The van der Waals surface area contributed by atoms with E-state index in [1.807, 2.05) is 13.0 Å². The van der Waals surface area contributed by atoms with E-state index in [2.05, 4.69) is 15.0 Å². The molecule has 4 heteroatoms. The van der Waals surface area contributed by atoms with Gasteiger partial charge in [-0.2, -0.15) is 0 Å². The van der Waals surface area contributed by atoms with Crippen LogP contribution in [0.3, 0.4) is 0 Å². The van der Waals surface area contributed by atoms with Gasteiger partial charge in [0, 0.05) is 6.07 Å². The van der Waals surface area contributed by atoms with E-state index in [0.29, 0.717) is 5.82 Å². The Morgan fingerprint density at radius 2 is 2.45 bits per heavy atom. The quantitative estimate of drug-likeness (QED) is 0.564. The number of aryl methyl sites for hydroxylation is 1. The van der Waals surface area contributed by atoms with Gasteiger partial charge in [-0.1, -0.05) is 0 Å². The number of rotatable bonds is 0. The second-order valence-corrected chi connectivity index (χ2v) is 2.48. The molecule has 0 spiro atoms. The van der Waals surface area contributed by atoms with Crippen LogP contribution in [0.1, 0.15) is 5.82 Å². The molecule has 0 amide bonds. The first-order valence-electron chi connectivity index (χ1n) is 3.40. The number of nitrogens with zero attached hydrogens (tertiary/aromatic N) is 1. The number of aromatic amines is 2. The summed E-state index contributed by atoms with van der Waals surface area (Å²) in [5.41, 5.74) is 7.41. The Hall–Kier alpha value is -1.58. The highest BCUT2D eigenvalue weighted by Crippen LogP contribution is 2.11. The number of hydrogen-bond donors (Lipinski definition) is 2. The van der Waals surface area contributed by atoms with Gasteiger partial charge in [0.2, 0.25) is 0 Å². The first-order valence-corrected chi connectivity index (χ1v) is 3.40. The van der Waals surface area contributed by atoms with Crippen LogP contribution in [0.15, 0.2) is 12.3 Å². The number of fused-ring (bicyclic) bond motifs is 1. The Morgan fingerprint density at radius 1 is 1.64 bits per heavy atom. The molecule has 0 saturated heterocycles. The number of pyridine rings is 1. The van der Waals surface area contributed by atoms with Gasteiger partial charge in [-0.15, -0.1) is 0 Å². The lowest BCUT2D eigenvalue weighted by atomic mass is 10.4. The monoisotopic (exact) mass is 149 g/mol. The summed E-state index contributed by atoms with van der Waals surface area (Å²) in [6, 6.07) is 1.91. The summed E-state index contributed by atoms with van der Waals surface area (Å²) in [5.74, 6) is 1.48. The standard InChI is InChI=1S/C7H8N4/c1-4-10-5-2-3-9-7(8)6(5)11-4/h2-3H,1H3,(H2,8,9)(H,10,11)/p+1. The molecular formula is C7H9N4+. The molecule has 0 saturated carbocycles. The molecule has 11 heavy (non-hydrogen) atoms. The van der Waals surface area contributed by atoms with Crippen molar-refractivity contribution < 1.29 is 4.98 Å². The minimum atomic E-state index is 0.604. The summed E-state index contributed by atoms with van der Waals surface area (Å²) < 4.78 is 0. The zero-order chi connectivity index (χ0) is 7.84. The number of nitrogens with two attached hydrogens (primary N) is 1. The number of anilines is 1. The van der Waals surface area contributed by atoms with Crippen molar-refractivity contribution in [1.29, 1.82) is 0 Å².